The summed E-state index contributed by atoms with van der Waals surface area (Å²) in [6.45, 7) is 7.82. The van der Waals surface area contributed by atoms with Crippen molar-refractivity contribution in [3.05, 3.63) is 23.8 Å². The number of hydrogen-bond donors (Lipinski definition) is 1. The monoisotopic (exact) mass is 292 g/mol. The number of ether oxygens (including phenoxy) is 2. The van der Waals surface area contributed by atoms with Crippen LogP contribution in [0.15, 0.2) is 18.2 Å². The zero-order valence-electron chi connectivity index (χ0n) is 13.5. The smallest absolute Gasteiger partial charge is 0.123 e. The molecule has 4 heteroatoms. The summed E-state index contributed by atoms with van der Waals surface area (Å²) in [5, 5.41) is 3.58. The van der Waals surface area contributed by atoms with Gasteiger partial charge in [0.2, 0.25) is 0 Å². The minimum Gasteiger partial charge on any atom is -0.497 e. The average Bonchev–Trinajstić information content (AvgIpc) is 2.55. The number of hydrogen-bond acceptors (Lipinski definition) is 4. The van der Waals surface area contributed by atoms with E-state index in [-0.39, 0.29) is 0 Å². The number of methoxy groups -OCH3 is 2. The van der Waals surface area contributed by atoms with Crippen molar-refractivity contribution in [1.82, 2.24) is 10.2 Å². The maximum atomic E-state index is 5.41. The van der Waals surface area contributed by atoms with Crippen molar-refractivity contribution in [3.8, 4) is 11.5 Å². The summed E-state index contributed by atoms with van der Waals surface area (Å²) in [6.07, 6.45) is 2.60. The molecular formula is C17H28N2O2. The minimum absolute atomic E-state index is 0.796. The van der Waals surface area contributed by atoms with E-state index in [2.05, 4.69) is 17.1 Å². The van der Waals surface area contributed by atoms with Crippen molar-refractivity contribution >= 4 is 0 Å². The molecule has 4 nitrogen and oxygen atoms in total. The van der Waals surface area contributed by atoms with Gasteiger partial charge < -0.3 is 19.7 Å². The molecule has 0 unspecified atom stereocenters. The third-order valence-electron chi connectivity index (χ3n) is 4.39. The summed E-state index contributed by atoms with van der Waals surface area (Å²) in [4.78, 5) is 2.53. The molecule has 1 heterocycles. The molecule has 0 bridgehead atoms. The molecule has 0 atom stereocenters. The van der Waals surface area contributed by atoms with E-state index in [0.29, 0.717) is 0 Å². The van der Waals surface area contributed by atoms with E-state index < -0.39 is 0 Å². The topological polar surface area (TPSA) is 33.7 Å². The number of nitrogens with one attached hydrogen (secondary N) is 1. The van der Waals surface area contributed by atoms with Crippen LogP contribution in [0.25, 0.3) is 0 Å². The molecule has 0 radical (unpaired) electrons. The van der Waals surface area contributed by atoms with Crippen molar-refractivity contribution in [1.29, 1.82) is 0 Å². The first-order chi connectivity index (χ1) is 10.3. The highest BCUT2D eigenvalue weighted by Crippen LogP contribution is 2.24. The fourth-order valence-corrected chi connectivity index (χ4v) is 2.94. The summed E-state index contributed by atoms with van der Waals surface area (Å²) >= 11 is 0. The molecule has 1 fully saturated rings. The van der Waals surface area contributed by atoms with Crippen LogP contribution in [0.1, 0.15) is 25.3 Å². The Morgan fingerprint density at radius 2 is 1.95 bits per heavy atom. The summed E-state index contributed by atoms with van der Waals surface area (Å²) < 4.78 is 10.7. The molecule has 118 valence electrons. The Balaban J connectivity index is 1.80. The van der Waals surface area contributed by atoms with E-state index in [1.165, 1.54) is 32.5 Å². The number of nitrogens with zero attached hydrogens (tertiary/aromatic N) is 1. The van der Waals surface area contributed by atoms with E-state index >= 15 is 0 Å². The van der Waals surface area contributed by atoms with Crippen LogP contribution >= 0.6 is 0 Å². The van der Waals surface area contributed by atoms with Crippen LogP contribution in [0.3, 0.4) is 0 Å². The van der Waals surface area contributed by atoms with Gasteiger partial charge in [0.25, 0.3) is 0 Å². The van der Waals surface area contributed by atoms with Crippen molar-refractivity contribution in [2.45, 2.75) is 26.3 Å². The lowest BCUT2D eigenvalue weighted by atomic mass is 9.97. The largest absolute Gasteiger partial charge is 0.497 e. The molecule has 21 heavy (non-hydrogen) atoms. The molecule has 0 saturated carbocycles. The summed E-state index contributed by atoms with van der Waals surface area (Å²) in [7, 11) is 3.41. The normalized spacial score (nSPS) is 16.9. The van der Waals surface area contributed by atoms with E-state index in [1.54, 1.807) is 14.2 Å². The summed E-state index contributed by atoms with van der Waals surface area (Å²) in [5.74, 6) is 2.59. The van der Waals surface area contributed by atoms with Crippen LogP contribution in [0.4, 0.5) is 0 Å². The SMILES string of the molecule is CCN1CCC(CNCc2cc(OC)ccc2OC)CC1. The van der Waals surface area contributed by atoms with E-state index in [0.717, 1.165) is 36.1 Å². The number of rotatable bonds is 7. The molecule has 1 aliphatic rings. The van der Waals surface area contributed by atoms with Crippen LogP contribution in [0.2, 0.25) is 0 Å². The predicted molar refractivity (Wildman–Crippen MR) is 86.1 cm³/mol. The van der Waals surface area contributed by atoms with Crippen molar-refractivity contribution in [2.24, 2.45) is 5.92 Å². The highest BCUT2D eigenvalue weighted by atomic mass is 16.5. The van der Waals surface area contributed by atoms with E-state index in [4.69, 9.17) is 9.47 Å². The summed E-state index contributed by atoms with van der Waals surface area (Å²) in [6, 6.07) is 5.95. The molecule has 0 spiro atoms. The van der Waals surface area contributed by atoms with Gasteiger partial charge in [0.15, 0.2) is 0 Å². The molecule has 0 aromatic heterocycles. The van der Waals surface area contributed by atoms with Crippen LogP contribution in [0, 0.1) is 5.92 Å². The molecule has 1 aliphatic heterocycles. The van der Waals surface area contributed by atoms with Crippen molar-refractivity contribution in [2.75, 3.05) is 40.4 Å². The van der Waals surface area contributed by atoms with Gasteiger partial charge in [-0.15, -0.1) is 0 Å². The van der Waals surface area contributed by atoms with Gasteiger partial charge in [0, 0.05) is 12.1 Å². The second kappa shape index (κ2) is 8.25. The number of piperidine rings is 1. The number of benzene rings is 1. The predicted octanol–water partition coefficient (Wildman–Crippen LogP) is 2.53. The first-order valence-corrected chi connectivity index (χ1v) is 7.90. The third-order valence-corrected chi connectivity index (χ3v) is 4.39. The Kier molecular flexibility index (Phi) is 6.33. The third kappa shape index (κ3) is 4.61. The first-order valence-electron chi connectivity index (χ1n) is 7.90. The van der Waals surface area contributed by atoms with Gasteiger partial charge in [0.05, 0.1) is 14.2 Å². The Morgan fingerprint density at radius 3 is 2.57 bits per heavy atom. The maximum Gasteiger partial charge on any atom is 0.123 e. The van der Waals surface area contributed by atoms with Gasteiger partial charge in [-0.25, -0.2) is 0 Å². The fraction of sp³-hybridized carbons (Fsp3) is 0.647. The van der Waals surface area contributed by atoms with Crippen molar-refractivity contribution < 1.29 is 9.47 Å². The lowest BCUT2D eigenvalue weighted by Crippen LogP contribution is -2.36. The van der Waals surface area contributed by atoms with E-state index in [1.807, 2.05) is 18.2 Å². The maximum absolute atomic E-state index is 5.41. The lowest BCUT2D eigenvalue weighted by molar-refractivity contribution is 0.190. The first kappa shape index (κ1) is 16.1. The van der Waals surface area contributed by atoms with Crippen LogP contribution in [-0.4, -0.2) is 45.3 Å². The zero-order chi connectivity index (χ0) is 15.1. The molecule has 2 rings (SSSR count). The van der Waals surface area contributed by atoms with Gasteiger partial charge in [-0.05, 0) is 63.1 Å². The zero-order valence-corrected chi connectivity index (χ0v) is 13.5. The summed E-state index contributed by atoms with van der Waals surface area (Å²) in [5.41, 5.74) is 1.16. The molecule has 1 saturated heterocycles. The molecule has 1 aromatic rings. The van der Waals surface area contributed by atoms with Gasteiger partial charge in [-0.2, -0.15) is 0 Å². The highest BCUT2D eigenvalue weighted by molar-refractivity contribution is 5.40. The Labute approximate surface area is 128 Å². The number of likely N-dealkylation sites (tertiary alicyclic amines) is 1. The Hall–Kier alpha value is -1.26. The van der Waals surface area contributed by atoms with Crippen LogP contribution in [-0.2, 0) is 6.54 Å². The molecule has 0 amide bonds. The second-order valence-corrected chi connectivity index (χ2v) is 5.69. The average molecular weight is 292 g/mol. The minimum atomic E-state index is 0.796. The van der Waals surface area contributed by atoms with Gasteiger partial charge in [-0.3, -0.25) is 0 Å². The second-order valence-electron chi connectivity index (χ2n) is 5.69. The van der Waals surface area contributed by atoms with Gasteiger partial charge >= 0.3 is 0 Å². The van der Waals surface area contributed by atoms with E-state index in [9.17, 15) is 0 Å². The van der Waals surface area contributed by atoms with Crippen molar-refractivity contribution in [3.63, 3.8) is 0 Å². The molecule has 1 N–H and O–H groups in total. The van der Waals surface area contributed by atoms with Gasteiger partial charge in [0.1, 0.15) is 11.5 Å². The van der Waals surface area contributed by atoms with Crippen LogP contribution in [0.5, 0.6) is 11.5 Å². The Bertz CT molecular complexity index is 429. The standard InChI is InChI=1S/C17H28N2O2/c1-4-19-9-7-14(8-10-19)12-18-13-15-11-16(20-2)5-6-17(15)21-3/h5-6,11,14,18H,4,7-10,12-13H2,1-3H3. The fourth-order valence-electron chi connectivity index (χ4n) is 2.94. The van der Waals surface area contributed by atoms with Crippen LogP contribution < -0.4 is 14.8 Å². The van der Waals surface area contributed by atoms with Gasteiger partial charge in [-0.1, -0.05) is 6.92 Å². The molecule has 0 aliphatic carbocycles. The molecule has 1 aromatic carbocycles. The Morgan fingerprint density at radius 1 is 1.19 bits per heavy atom. The quantitative estimate of drug-likeness (QED) is 0.837. The molecular weight excluding hydrogens is 264 g/mol. The highest BCUT2D eigenvalue weighted by Gasteiger charge is 2.17. The lowest BCUT2D eigenvalue weighted by Gasteiger charge is -2.31.